The molecule has 202 valence electrons. The van der Waals surface area contributed by atoms with Gasteiger partial charge in [0.25, 0.3) is 11.7 Å². The minimum absolute atomic E-state index is 0.0601. The third kappa shape index (κ3) is 4.91. The fraction of sp³-hybridized carbons (Fsp3) is 0.333. The quantitative estimate of drug-likeness (QED) is 0.230. The zero-order chi connectivity index (χ0) is 27.8. The second kappa shape index (κ2) is 10.6. The lowest BCUT2D eigenvalue weighted by molar-refractivity contribution is -0.140. The molecule has 0 bridgehead atoms. The van der Waals surface area contributed by atoms with Gasteiger partial charge in [0.05, 0.1) is 11.6 Å². The SMILES string of the molecule is CCN(CC)c1ccc(C2/C(=C(/O)c3ccc4c(c3)CC(C)O4)C(=O)C(=O)N2Cc2cc(C)ccc2C)cc1. The zero-order valence-electron chi connectivity index (χ0n) is 23.3. The van der Waals surface area contributed by atoms with Crippen LogP contribution in [0, 0.1) is 13.8 Å². The van der Waals surface area contributed by atoms with E-state index in [2.05, 4.69) is 24.8 Å². The third-order valence-corrected chi connectivity index (χ3v) is 7.89. The highest BCUT2D eigenvalue weighted by Gasteiger charge is 2.46. The van der Waals surface area contributed by atoms with Crippen molar-refractivity contribution in [1.82, 2.24) is 4.90 Å². The van der Waals surface area contributed by atoms with Crippen molar-refractivity contribution in [3.63, 3.8) is 0 Å². The first-order valence-electron chi connectivity index (χ1n) is 13.7. The molecule has 0 spiro atoms. The van der Waals surface area contributed by atoms with Gasteiger partial charge in [0.2, 0.25) is 0 Å². The molecule has 3 aromatic rings. The van der Waals surface area contributed by atoms with Crippen LogP contribution in [-0.4, -0.2) is 40.9 Å². The number of amides is 1. The number of carbonyl (C=O) groups excluding carboxylic acids is 2. The summed E-state index contributed by atoms with van der Waals surface area (Å²) in [4.78, 5) is 30.9. The Morgan fingerprint density at radius 3 is 2.41 bits per heavy atom. The smallest absolute Gasteiger partial charge is 0.295 e. The second-order valence-corrected chi connectivity index (χ2v) is 10.6. The van der Waals surface area contributed by atoms with Gasteiger partial charge in [-0.25, -0.2) is 0 Å². The van der Waals surface area contributed by atoms with Crippen LogP contribution in [0.4, 0.5) is 5.69 Å². The van der Waals surface area contributed by atoms with Crippen LogP contribution >= 0.6 is 0 Å². The molecule has 1 N–H and O–H groups in total. The van der Waals surface area contributed by atoms with E-state index in [1.54, 1.807) is 11.0 Å². The number of hydrogen-bond donors (Lipinski definition) is 1. The van der Waals surface area contributed by atoms with Gasteiger partial charge >= 0.3 is 0 Å². The molecule has 1 fully saturated rings. The molecule has 2 unspecified atom stereocenters. The first-order valence-corrected chi connectivity index (χ1v) is 13.7. The van der Waals surface area contributed by atoms with Crippen LogP contribution in [0.15, 0.2) is 66.2 Å². The van der Waals surface area contributed by atoms with Gasteiger partial charge in [0.1, 0.15) is 17.6 Å². The van der Waals surface area contributed by atoms with E-state index in [-0.39, 0.29) is 24.0 Å². The highest BCUT2D eigenvalue weighted by atomic mass is 16.5. The number of aliphatic hydroxyl groups excluding tert-OH is 1. The number of rotatable bonds is 7. The number of likely N-dealkylation sites (tertiary alicyclic amines) is 1. The number of anilines is 1. The van der Waals surface area contributed by atoms with Crippen LogP contribution in [0.1, 0.15) is 60.2 Å². The summed E-state index contributed by atoms with van der Waals surface area (Å²) in [6.07, 6.45) is 0.790. The summed E-state index contributed by atoms with van der Waals surface area (Å²) in [6.45, 7) is 12.3. The maximum absolute atomic E-state index is 13.6. The summed E-state index contributed by atoms with van der Waals surface area (Å²) >= 11 is 0. The first-order chi connectivity index (χ1) is 18.7. The fourth-order valence-electron chi connectivity index (χ4n) is 5.72. The normalized spacial score (nSPS) is 19.8. The Balaban J connectivity index is 1.62. The van der Waals surface area contributed by atoms with E-state index in [1.165, 1.54) is 0 Å². The second-order valence-electron chi connectivity index (χ2n) is 10.6. The summed E-state index contributed by atoms with van der Waals surface area (Å²) < 4.78 is 5.82. The summed E-state index contributed by atoms with van der Waals surface area (Å²) in [5.41, 5.74) is 6.58. The molecule has 0 radical (unpaired) electrons. The standard InChI is InChI=1S/C33H36N2O4/c1-6-34(7-2)27-13-10-23(11-14-27)30-29(31(36)24-12-15-28-25(18-24)17-22(5)39-28)32(37)33(38)35(30)19-26-16-20(3)8-9-21(26)4/h8-16,18,22,30,36H,6-7,17,19H2,1-5H3/b31-29-. The van der Waals surface area contributed by atoms with Crippen molar-refractivity contribution in [2.24, 2.45) is 0 Å². The molecule has 2 atom stereocenters. The van der Waals surface area contributed by atoms with Crippen LogP contribution in [0.25, 0.3) is 5.76 Å². The zero-order valence-corrected chi connectivity index (χ0v) is 23.3. The van der Waals surface area contributed by atoms with Gasteiger partial charge in [-0.2, -0.15) is 0 Å². The summed E-state index contributed by atoms with van der Waals surface area (Å²) in [5, 5.41) is 11.6. The molecule has 0 saturated carbocycles. The van der Waals surface area contributed by atoms with Gasteiger partial charge in [-0.1, -0.05) is 35.9 Å². The number of hydrogen-bond acceptors (Lipinski definition) is 5. The molecule has 5 rings (SSSR count). The number of benzene rings is 3. The minimum atomic E-state index is -0.709. The largest absolute Gasteiger partial charge is 0.507 e. The molecule has 2 aliphatic heterocycles. The molecule has 6 nitrogen and oxygen atoms in total. The van der Waals surface area contributed by atoms with Crippen molar-refractivity contribution < 1.29 is 19.4 Å². The van der Waals surface area contributed by atoms with Crippen LogP contribution in [0.5, 0.6) is 5.75 Å². The molecular weight excluding hydrogens is 488 g/mol. The number of fused-ring (bicyclic) bond motifs is 1. The summed E-state index contributed by atoms with van der Waals surface area (Å²) in [5.74, 6) is -0.635. The van der Waals surface area contributed by atoms with Gasteiger partial charge in [-0.15, -0.1) is 0 Å². The lowest BCUT2D eigenvalue weighted by Crippen LogP contribution is -2.29. The number of nitrogens with zero attached hydrogens (tertiary/aromatic N) is 2. The number of aliphatic hydroxyl groups is 1. The average molecular weight is 525 g/mol. The van der Waals surface area contributed by atoms with Gasteiger partial charge < -0.3 is 19.6 Å². The molecular formula is C33H36N2O4. The van der Waals surface area contributed by atoms with Crippen molar-refractivity contribution in [3.05, 3.63) is 99.6 Å². The van der Waals surface area contributed by atoms with Gasteiger partial charge in [-0.3, -0.25) is 9.59 Å². The van der Waals surface area contributed by atoms with Crippen molar-refractivity contribution in [3.8, 4) is 5.75 Å². The summed E-state index contributed by atoms with van der Waals surface area (Å²) in [6, 6.07) is 18.8. The van der Waals surface area contributed by atoms with Crippen molar-refractivity contribution in [2.75, 3.05) is 18.0 Å². The van der Waals surface area contributed by atoms with Crippen molar-refractivity contribution >= 4 is 23.1 Å². The van der Waals surface area contributed by atoms with Crippen LogP contribution in [-0.2, 0) is 22.6 Å². The van der Waals surface area contributed by atoms with Gasteiger partial charge in [0, 0.05) is 37.3 Å². The average Bonchev–Trinajstić information content (AvgIpc) is 3.42. The van der Waals surface area contributed by atoms with Crippen LogP contribution in [0.2, 0.25) is 0 Å². The molecule has 6 heteroatoms. The molecule has 0 aromatic heterocycles. The van der Waals surface area contributed by atoms with Crippen LogP contribution < -0.4 is 9.64 Å². The molecule has 2 aliphatic rings. The Hall–Kier alpha value is -4.06. The molecule has 0 aliphatic carbocycles. The predicted octanol–water partition coefficient (Wildman–Crippen LogP) is 6.09. The molecule has 2 heterocycles. The number of ketones is 1. The minimum Gasteiger partial charge on any atom is -0.507 e. The number of ether oxygens (including phenoxy) is 1. The van der Waals surface area contributed by atoms with Gasteiger partial charge in [0.15, 0.2) is 0 Å². The van der Waals surface area contributed by atoms with Crippen LogP contribution in [0.3, 0.4) is 0 Å². The number of carbonyl (C=O) groups is 2. The maximum atomic E-state index is 13.6. The van der Waals surface area contributed by atoms with E-state index >= 15 is 0 Å². The Labute approximate surface area is 230 Å². The lowest BCUT2D eigenvalue weighted by atomic mass is 9.94. The highest BCUT2D eigenvalue weighted by Crippen LogP contribution is 2.42. The van der Waals surface area contributed by atoms with E-state index < -0.39 is 17.7 Å². The summed E-state index contributed by atoms with van der Waals surface area (Å²) in [7, 11) is 0. The van der Waals surface area contributed by atoms with E-state index in [9.17, 15) is 14.7 Å². The molecule has 1 amide bonds. The van der Waals surface area contributed by atoms with Crippen molar-refractivity contribution in [2.45, 2.75) is 59.7 Å². The Kier molecular flexibility index (Phi) is 7.21. The van der Waals surface area contributed by atoms with E-state index in [1.807, 2.05) is 69.3 Å². The molecule has 39 heavy (non-hydrogen) atoms. The Morgan fingerprint density at radius 1 is 1.00 bits per heavy atom. The van der Waals surface area contributed by atoms with E-state index in [0.29, 0.717) is 5.56 Å². The third-order valence-electron chi connectivity index (χ3n) is 7.89. The predicted molar refractivity (Wildman–Crippen MR) is 154 cm³/mol. The van der Waals surface area contributed by atoms with E-state index in [4.69, 9.17) is 4.74 Å². The van der Waals surface area contributed by atoms with Gasteiger partial charge in [-0.05, 0) is 87.2 Å². The lowest BCUT2D eigenvalue weighted by Gasteiger charge is -2.27. The first kappa shape index (κ1) is 26.5. The number of aryl methyl sites for hydroxylation is 2. The fourth-order valence-corrected chi connectivity index (χ4v) is 5.72. The van der Waals surface area contributed by atoms with Crippen molar-refractivity contribution in [1.29, 1.82) is 0 Å². The van der Waals surface area contributed by atoms with E-state index in [0.717, 1.165) is 58.8 Å². The Bertz CT molecular complexity index is 1450. The Morgan fingerprint density at radius 2 is 1.72 bits per heavy atom. The number of Topliss-reactive ketones (excluding diaryl/α,β-unsaturated/α-hetero) is 1. The monoisotopic (exact) mass is 524 g/mol. The topological polar surface area (TPSA) is 70.1 Å². The highest BCUT2D eigenvalue weighted by molar-refractivity contribution is 6.46. The maximum Gasteiger partial charge on any atom is 0.295 e. The molecule has 3 aromatic carbocycles. The molecule has 1 saturated heterocycles.